The van der Waals surface area contributed by atoms with Gasteiger partial charge in [-0.15, -0.1) is 0 Å². The van der Waals surface area contributed by atoms with E-state index in [-0.39, 0.29) is 17.5 Å². The number of aryl methyl sites for hydroxylation is 1. The van der Waals surface area contributed by atoms with Gasteiger partial charge in [0.25, 0.3) is 0 Å². The van der Waals surface area contributed by atoms with Crippen LogP contribution in [0.3, 0.4) is 0 Å². The summed E-state index contributed by atoms with van der Waals surface area (Å²) in [4.78, 5) is 11.9. The first-order valence-electron chi connectivity index (χ1n) is 7.66. The highest BCUT2D eigenvalue weighted by Crippen LogP contribution is 2.23. The molecule has 0 fully saturated rings. The fourth-order valence-electron chi connectivity index (χ4n) is 2.25. The molecule has 128 valence electrons. The molecule has 2 N–H and O–H groups in total. The number of halogens is 2. The molecular weight excluding hydrogens is 314 g/mol. The van der Waals surface area contributed by atoms with E-state index in [0.717, 1.165) is 0 Å². The number of benzene rings is 2. The Morgan fingerprint density at radius 3 is 2.54 bits per heavy atom. The lowest BCUT2D eigenvalue weighted by Gasteiger charge is -2.14. The van der Waals surface area contributed by atoms with Crippen molar-refractivity contribution in [1.82, 2.24) is 0 Å². The molecule has 0 aliphatic heterocycles. The number of rotatable bonds is 5. The number of hydrogen-bond donors (Lipinski definition) is 2. The largest absolute Gasteiger partial charge is 0.374 e. The van der Waals surface area contributed by atoms with Crippen molar-refractivity contribution in [1.29, 1.82) is 0 Å². The van der Waals surface area contributed by atoms with Gasteiger partial charge in [0.05, 0.1) is 17.5 Å². The van der Waals surface area contributed by atoms with Gasteiger partial charge in [-0.1, -0.05) is 18.2 Å². The first kappa shape index (κ1) is 17.9. The topological polar surface area (TPSA) is 50.4 Å². The summed E-state index contributed by atoms with van der Waals surface area (Å²) in [5, 5.41) is 4.74. The first-order valence-corrected chi connectivity index (χ1v) is 7.66. The molecule has 0 aliphatic rings. The van der Waals surface area contributed by atoms with Gasteiger partial charge in [-0.05, 0) is 50.1 Å². The van der Waals surface area contributed by atoms with Crippen molar-refractivity contribution in [2.24, 2.45) is 0 Å². The minimum atomic E-state index is -0.719. The molecule has 2 aromatic carbocycles. The molecule has 0 spiro atoms. The number of anilines is 2. The Hall–Kier alpha value is -2.47. The lowest BCUT2D eigenvalue weighted by Crippen LogP contribution is -2.21. The molecule has 0 aliphatic carbocycles. The molecule has 0 saturated heterocycles. The average Bonchev–Trinajstić information content (AvgIpc) is 2.54. The van der Waals surface area contributed by atoms with Crippen molar-refractivity contribution in [2.75, 3.05) is 17.2 Å². The van der Waals surface area contributed by atoms with Crippen molar-refractivity contribution in [3.05, 3.63) is 59.2 Å². The average molecular weight is 334 g/mol. The van der Waals surface area contributed by atoms with Crippen LogP contribution in [-0.4, -0.2) is 12.6 Å². The van der Waals surface area contributed by atoms with Crippen molar-refractivity contribution in [3.63, 3.8) is 0 Å². The Bertz CT molecular complexity index is 735. The van der Waals surface area contributed by atoms with E-state index < -0.39 is 17.7 Å². The van der Waals surface area contributed by atoms with Crippen molar-refractivity contribution in [2.45, 2.75) is 26.9 Å². The fourth-order valence-corrected chi connectivity index (χ4v) is 2.25. The molecule has 24 heavy (non-hydrogen) atoms. The number of ether oxygens (including phenoxy) is 1. The van der Waals surface area contributed by atoms with Crippen molar-refractivity contribution in [3.8, 4) is 0 Å². The van der Waals surface area contributed by atoms with Gasteiger partial charge in [-0.3, -0.25) is 0 Å². The zero-order valence-electron chi connectivity index (χ0n) is 13.8. The van der Waals surface area contributed by atoms with Crippen LogP contribution >= 0.6 is 0 Å². The summed E-state index contributed by atoms with van der Waals surface area (Å²) in [7, 11) is 0. The molecule has 0 heterocycles. The van der Waals surface area contributed by atoms with Crippen molar-refractivity contribution >= 4 is 17.4 Å². The lowest BCUT2D eigenvalue weighted by molar-refractivity contribution is 0.0762. The molecule has 0 unspecified atom stereocenters. The zero-order valence-corrected chi connectivity index (χ0v) is 13.8. The summed E-state index contributed by atoms with van der Waals surface area (Å²) in [6.07, 6.45) is -0.242. The maximum Gasteiger partial charge on any atom is 0.323 e. The number of amides is 2. The van der Waals surface area contributed by atoms with E-state index in [1.807, 2.05) is 13.8 Å². The van der Waals surface area contributed by atoms with E-state index in [9.17, 15) is 13.6 Å². The second-order valence-electron chi connectivity index (χ2n) is 5.35. The number of nitrogens with one attached hydrogen (secondary N) is 2. The van der Waals surface area contributed by atoms with Gasteiger partial charge in [-0.2, -0.15) is 0 Å². The molecule has 2 amide bonds. The van der Waals surface area contributed by atoms with Gasteiger partial charge in [0, 0.05) is 6.61 Å². The van der Waals surface area contributed by atoms with Crippen LogP contribution < -0.4 is 10.6 Å². The van der Waals surface area contributed by atoms with Crippen LogP contribution in [0.2, 0.25) is 0 Å². The Labute approximate surface area is 139 Å². The number of hydrogen-bond acceptors (Lipinski definition) is 2. The van der Waals surface area contributed by atoms with E-state index in [4.69, 9.17) is 4.74 Å². The fraction of sp³-hybridized carbons (Fsp3) is 0.278. The molecule has 2 rings (SSSR count). The molecule has 2 aromatic rings. The Balaban J connectivity index is 2.07. The van der Waals surface area contributed by atoms with Crippen molar-refractivity contribution < 1.29 is 18.3 Å². The highest BCUT2D eigenvalue weighted by molar-refractivity contribution is 5.99. The smallest absolute Gasteiger partial charge is 0.323 e. The van der Waals surface area contributed by atoms with Gasteiger partial charge >= 0.3 is 6.03 Å². The highest BCUT2D eigenvalue weighted by atomic mass is 19.1. The summed E-state index contributed by atoms with van der Waals surface area (Å²) in [5.41, 5.74) is 1.13. The Morgan fingerprint density at radius 1 is 1.17 bits per heavy atom. The Morgan fingerprint density at radius 2 is 1.88 bits per heavy atom. The number of carbonyl (C=O) groups excluding carboxylic acids is 1. The summed E-state index contributed by atoms with van der Waals surface area (Å²) in [5.74, 6) is -1.10. The van der Waals surface area contributed by atoms with Gasteiger partial charge in [-0.25, -0.2) is 13.6 Å². The maximum atomic E-state index is 14.1. The van der Waals surface area contributed by atoms with Crippen LogP contribution in [0.1, 0.15) is 31.1 Å². The summed E-state index contributed by atoms with van der Waals surface area (Å²) in [6.45, 7) is 5.79. The third kappa shape index (κ3) is 4.29. The second kappa shape index (κ2) is 7.88. The monoisotopic (exact) mass is 334 g/mol. The van der Waals surface area contributed by atoms with Crippen LogP contribution in [0, 0.1) is 18.6 Å². The van der Waals surface area contributed by atoms with Gasteiger partial charge < -0.3 is 15.4 Å². The van der Waals surface area contributed by atoms with Crippen LogP contribution in [0.25, 0.3) is 0 Å². The molecule has 6 heteroatoms. The standard InChI is InChI=1S/C18H20F2N2O2/c1-4-24-12(3)13-8-9-15(14(19)10-13)21-18(23)22-16-7-5-6-11(2)17(16)20/h5-10,12H,4H2,1-3H3,(H2,21,22,23)/t12-/m0/s1. The van der Waals surface area contributed by atoms with E-state index in [2.05, 4.69) is 10.6 Å². The van der Waals surface area contributed by atoms with E-state index in [0.29, 0.717) is 17.7 Å². The predicted octanol–water partition coefficient (Wildman–Crippen LogP) is 5.01. The highest BCUT2D eigenvalue weighted by Gasteiger charge is 2.13. The normalized spacial score (nSPS) is 11.9. The molecular formula is C18H20F2N2O2. The van der Waals surface area contributed by atoms with E-state index >= 15 is 0 Å². The third-order valence-corrected chi connectivity index (χ3v) is 3.57. The quantitative estimate of drug-likeness (QED) is 0.807. The third-order valence-electron chi connectivity index (χ3n) is 3.57. The maximum absolute atomic E-state index is 14.1. The molecule has 4 nitrogen and oxygen atoms in total. The number of urea groups is 1. The summed E-state index contributed by atoms with van der Waals surface area (Å²) >= 11 is 0. The molecule has 0 aromatic heterocycles. The minimum absolute atomic E-state index is 0.00742. The van der Waals surface area contributed by atoms with Gasteiger partial charge in [0.1, 0.15) is 11.6 Å². The SMILES string of the molecule is CCO[C@@H](C)c1ccc(NC(=O)Nc2cccc(C)c2F)c(F)c1. The summed E-state index contributed by atoms with van der Waals surface area (Å²) < 4.78 is 33.4. The van der Waals surface area contributed by atoms with Crippen LogP contribution in [0.15, 0.2) is 36.4 Å². The lowest BCUT2D eigenvalue weighted by atomic mass is 10.1. The van der Waals surface area contributed by atoms with Crippen LogP contribution in [0.4, 0.5) is 25.0 Å². The molecule has 0 bridgehead atoms. The summed E-state index contributed by atoms with van der Waals surface area (Å²) in [6, 6.07) is 8.37. The van der Waals surface area contributed by atoms with E-state index in [1.165, 1.54) is 18.2 Å². The number of carbonyl (C=O) groups is 1. The minimum Gasteiger partial charge on any atom is -0.374 e. The first-order chi connectivity index (χ1) is 11.4. The zero-order chi connectivity index (χ0) is 17.7. The van der Waals surface area contributed by atoms with Crippen LogP contribution in [-0.2, 0) is 4.74 Å². The Kier molecular flexibility index (Phi) is 5.87. The molecule has 1 atom stereocenters. The van der Waals surface area contributed by atoms with Crippen LogP contribution in [0.5, 0.6) is 0 Å². The molecule has 0 radical (unpaired) electrons. The van der Waals surface area contributed by atoms with Gasteiger partial charge in [0.15, 0.2) is 0 Å². The molecule has 0 saturated carbocycles. The van der Waals surface area contributed by atoms with Gasteiger partial charge in [0.2, 0.25) is 0 Å². The predicted molar refractivity (Wildman–Crippen MR) is 90.2 cm³/mol. The second-order valence-corrected chi connectivity index (χ2v) is 5.35. The van der Waals surface area contributed by atoms with E-state index in [1.54, 1.807) is 25.1 Å².